The van der Waals surface area contributed by atoms with Gasteiger partial charge < -0.3 is 4.90 Å². The lowest BCUT2D eigenvalue weighted by atomic mass is 9.96. The number of likely N-dealkylation sites (N-methyl/N-ethyl adjacent to an activating group) is 1. The summed E-state index contributed by atoms with van der Waals surface area (Å²) in [6.45, 7) is 7.99. The van der Waals surface area contributed by atoms with Gasteiger partial charge in [0.1, 0.15) is 0 Å². The summed E-state index contributed by atoms with van der Waals surface area (Å²) in [5.74, 6) is 0.801. The maximum absolute atomic E-state index is 4.77. The zero-order valence-electron chi connectivity index (χ0n) is 18.9. The first-order valence-electron chi connectivity index (χ1n) is 11.6. The predicted octanol–water partition coefficient (Wildman–Crippen LogP) is 6.41. The van der Waals surface area contributed by atoms with E-state index in [-0.39, 0.29) is 0 Å². The molecule has 3 aromatic rings. The summed E-state index contributed by atoms with van der Waals surface area (Å²) in [4.78, 5) is 11.2. The highest BCUT2D eigenvalue weighted by atomic mass is 79.9. The van der Waals surface area contributed by atoms with Gasteiger partial charge in [-0.1, -0.05) is 37.3 Å². The van der Waals surface area contributed by atoms with Gasteiger partial charge >= 0.3 is 0 Å². The monoisotopic (exact) mass is 510 g/mol. The second-order valence-electron chi connectivity index (χ2n) is 9.31. The minimum absolute atomic E-state index is 0.801. The molecular formula is C26H31BrN4S. The third-order valence-electron chi connectivity index (χ3n) is 6.69. The van der Waals surface area contributed by atoms with Gasteiger partial charge in [0, 0.05) is 65.4 Å². The summed E-state index contributed by atoms with van der Waals surface area (Å²) >= 11 is 5.46. The molecule has 1 fully saturated rings. The maximum Gasteiger partial charge on any atom is 0.150 e. The Morgan fingerprint density at radius 3 is 2.62 bits per heavy atom. The van der Waals surface area contributed by atoms with Crippen molar-refractivity contribution in [3.05, 3.63) is 63.7 Å². The van der Waals surface area contributed by atoms with Crippen molar-refractivity contribution >= 4 is 38.9 Å². The fourth-order valence-electron chi connectivity index (χ4n) is 4.56. The number of nitrogens with zero attached hydrogens (tertiary/aromatic N) is 4. The molecule has 2 aromatic heterocycles. The lowest BCUT2D eigenvalue weighted by Crippen LogP contribution is -2.43. The first-order valence-corrected chi connectivity index (χ1v) is 13.2. The number of hydrogen-bond donors (Lipinski definition) is 0. The molecule has 1 unspecified atom stereocenters. The zero-order chi connectivity index (χ0) is 22.1. The highest BCUT2D eigenvalue weighted by molar-refractivity contribution is 9.10. The molecule has 5 rings (SSSR count). The van der Waals surface area contributed by atoms with E-state index in [1.54, 1.807) is 0 Å². The lowest BCUT2D eigenvalue weighted by Gasteiger charge is -2.32. The van der Waals surface area contributed by atoms with Crippen LogP contribution in [0.5, 0.6) is 0 Å². The molecule has 32 heavy (non-hydrogen) atoms. The number of pyridine rings is 1. The van der Waals surface area contributed by atoms with E-state index in [0.717, 1.165) is 48.8 Å². The van der Waals surface area contributed by atoms with Gasteiger partial charge in [0.25, 0.3) is 0 Å². The van der Waals surface area contributed by atoms with E-state index in [9.17, 15) is 0 Å². The first-order chi connectivity index (χ1) is 15.5. The Balaban J connectivity index is 1.40. The van der Waals surface area contributed by atoms with Gasteiger partial charge in [-0.15, -0.1) is 0 Å². The molecule has 1 atom stereocenters. The molecule has 6 heteroatoms. The number of benzene rings is 1. The van der Waals surface area contributed by atoms with Crippen LogP contribution in [0.3, 0.4) is 0 Å². The fourth-order valence-corrected chi connectivity index (χ4v) is 5.91. The summed E-state index contributed by atoms with van der Waals surface area (Å²) in [6.07, 6.45) is 10.2. The van der Waals surface area contributed by atoms with Crippen LogP contribution >= 0.6 is 27.9 Å². The Morgan fingerprint density at radius 2 is 1.91 bits per heavy atom. The Morgan fingerprint density at radius 1 is 1.12 bits per heavy atom. The molecule has 0 saturated carbocycles. The van der Waals surface area contributed by atoms with Gasteiger partial charge in [0.2, 0.25) is 0 Å². The molecule has 0 bridgehead atoms. The predicted molar refractivity (Wildman–Crippen MR) is 140 cm³/mol. The summed E-state index contributed by atoms with van der Waals surface area (Å²) in [7, 11) is 2.21. The summed E-state index contributed by atoms with van der Waals surface area (Å²) in [5, 5.41) is 1.20. The van der Waals surface area contributed by atoms with Crippen LogP contribution < -0.4 is 0 Å². The highest BCUT2D eigenvalue weighted by Crippen LogP contribution is 2.38. The molecule has 0 radical (unpaired) electrons. The number of allylic oxidation sites excluding steroid dienone is 2. The fraction of sp³-hybridized carbons (Fsp3) is 0.423. The van der Waals surface area contributed by atoms with Gasteiger partial charge in [-0.05, 0) is 77.3 Å². The zero-order valence-corrected chi connectivity index (χ0v) is 21.3. The van der Waals surface area contributed by atoms with Crippen LogP contribution in [0.25, 0.3) is 22.2 Å². The van der Waals surface area contributed by atoms with Crippen molar-refractivity contribution in [1.82, 2.24) is 18.8 Å². The topological polar surface area (TPSA) is 24.3 Å². The van der Waals surface area contributed by atoms with Crippen molar-refractivity contribution < 1.29 is 0 Å². The van der Waals surface area contributed by atoms with Gasteiger partial charge in [-0.3, -0.25) is 8.87 Å². The van der Waals surface area contributed by atoms with Gasteiger partial charge in [-0.25, -0.2) is 4.98 Å². The van der Waals surface area contributed by atoms with Crippen LogP contribution in [0.2, 0.25) is 0 Å². The number of piperazine rings is 1. The number of fused-ring (bicyclic) bond motifs is 1. The van der Waals surface area contributed by atoms with Gasteiger partial charge in [0.15, 0.2) is 5.65 Å². The van der Waals surface area contributed by atoms with Crippen molar-refractivity contribution in [3.8, 4) is 11.1 Å². The summed E-state index contributed by atoms with van der Waals surface area (Å²) in [6, 6.07) is 11.3. The molecular weight excluding hydrogens is 480 g/mol. The molecule has 1 aliphatic carbocycles. The van der Waals surface area contributed by atoms with Crippen molar-refractivity contribution in [3.63, 3.8) is 0 Å². The molecule has 2 aliphatic rings. The Labute approximate surface area is 203 Å². The van der Waals surface area contributed by atoms with E-state index in [1.807, 2.05) is 18.1 Å². The SMILES string of the molecule is CC1CC=C(Sn2cc(-c3ccc(CN4CCN(C)CC4)cc3)c3cc(Br)cnc32)CC1. The normalized spacial score (nSPS) is 20.6. The van der Waals surface area contributed by atoms with Gasteiger partial charge in [-0.2, -0.15) is 0 Å². The van der Waals surface area contributed by atoms with E-state index >= 15 is 0 Å². The van der Waals surface area contributed by atoms with Crippen LogP contribution in [0.4, 0.5) is 0 Å². The van der Waals surface area contributed by atoms with Gasteiger partial charge in [0.05, 0.1) is 0 Å². The minimum atomic E-state index is 0.801. The second-order valence-corrected chi connectivity index (χ2v) is 11.3. The van der Waals surface area contributed by atoms with Crippen LogP contribution in [0.15, 0.2) is 58.2 Å². The third kappa shape index (κ3) is 4.98. The van der Waals surface area contributed by atoms with Crippen LogP contribution in [-0.2, 0) is 6.54 Å². The molecule has 1 aliphatic heterocycles. The third-order valence-corrected chi connectivity index (χ3v) is 8.21. The number of halogens is 1. The standard InChI is InChI=1S/C26H31BrN4S/c1-19-3-9-23(10-4-19)32-31-18-25(24-15-22(27)16-28-26(24)31)21-7-5-20(6-8-21)17-30-13-11-29(2)12-14-30/h5-9,15-16,18-19H,3-4,10-14,17H2,1-2H3. The summed E-state index contributed by atoms with van der Waals surface area (Å²) < 4.78 is 3.28. The maximum atomic E-state index is 4.77. The molecule has 1 saturated heterocycles. The average molecular weight is 512 g/mol. The van der Waals surface area contributed by atoms with E-state index in [2.05, 4.69) is 86.3 Å². The number of hydrogen-bond acceptors (Lipinski definition) is 4. The average Bonchev–Trinajstić information content (AvgIpc) is 3.15. The molecule has 3 heterocycles. The van der Waals surface area contributed by atoms with E-state index in [1.165, 1.54) is 46.2 Å². The molecule has 0 N–H and O–H groups in total. The number of rotatable bonds is 5. The van der Waals surface area contributed by atoms with Crippen molar-refractivity contribution in [1.29, 1.82) is 0 Å². The van der Waals surface area contributed by atoms with Crippen LogP contribution in [0.1, 0.15) is 31.7 Å². The van der Waals surface area contributed by atoms with Crippen molar-refractivity contribution in [2.45, 2.75) is 32.7 Å². The molecule has 168 valence electrons. The Kier molecular flexibility index (Phi) is 6.74. The summed E-state index contributed by atoms with van der Waals surface area (Å²) in [5.41, 5.74) is 4.92. The highest BCUT2D eigenvalue weighted by Gasteiger charge is 2.17. The van der Waals surface area contributed by atoms with E-state index < -0.39 is 0 Å². The number of aromatic nitrogens is 2. The Hall–Kier alpha value is -1.60. The Bertz CT molecular complexity index is 1110. The van der Waals surface area contributed by atoms with Crippen molar-refractivity contribution in [2.75, 3.05) is 33.2 Å². The minimum Gasteiger partial charge on any atom is -0.304 e. The van der Waals surface area contributed by atoms with E-state index in [4.69, 9.17) is 4.98 Å². The molecule has 0 spiro atoms. The second kappa shape index (κ2) is 9.72. The first kappa shape index (κ1) is 22.2. The van der Waals surface area contributed by atoms with Crippen LogP contribution in [-0.4, -0.2) is 52.0 Å². The van der Waals surface area contributed by atoms with E-state index in [0.29, 0.717) is 0 Å². The largest absolute Gasteiger partial charge is 0.304 e. The quantitative estimate of drug-likeness (QED) is 0.395. The smallest absolute Gasteiger partial charge is 0.150 e. The van der Waals surface area contributed by atoms with Crippen molar-refractivity contribution in [2.24, 2.45) is 5.92 Å². The molecule has 4 nitrogen and oxygen atoms in total. The lowest BCUT2D eigenvalue weighted by molar-refractivity contribution is 0.148. The molecule has 0 amide bonds. The van der Waals surface area contributed by atoms with Crippen LogP contribution in [0, 0.1) is 5.92 Å². The molecule has 1 aromatic carbocycles.